The van der Waals surface area contributed by atoms with Gasteiger partial charge in [0.2, 0.25) is 0 Å². The molecule has 0 radical (unpaired) electrons. The molecule has 0 aliphatic carbocycles. The number of aromatic nitrogens is 1. The molecule has 1 heterocycles. The second-order valence-electron chi connectivity index (χ2n) is 3.50. The number of rotatable bonds is 3. The first-order chi connectivity index (χ1) is 8.28. The van der Waals surface area contributed by atoms with Crippen molar-refractivity contribution >= 4 is 17.3 Å². The first kappa shape index (κ1) is 11.1. The van der Waals surface area contributed by atoms with Crippen molar-refractivity contribution < 1.29 is 0 Å². The van der Waals surface area contributed by atoms with Crippen LogP contribution in [0, 0.1) is 12.5 Å². The van der Waals surface area contributed by atoms with E-state index in [2.05, 4.69) is 20.3 Å². The number of hydrogen-bond donors (Lipinski definition) is 1. The first-order valence-corrected chi connectivity index (χ1v) is 5.11. The van der Waals surface area contributed by atoms with Gasteiger partial charge in [0.15, 0.2) is 11.6 Å². The molecule has 0 unspecified atom stereocenters. The summed E-state index contributed by atoms with van der Waals surface area (Å²) >= 11 is 0. The summed E-state index contributed by atoms with van der Waals surface area (Å²) in [5.41, 5.74) is 8.80. The summed E-state index contributed by atoms with van der Waals surface area (Å²) in [6.07, 6.45) is 0. The van der Waals surface area contributed by atoms with Crippen molar-refractivity contribution in [1.82, 2.24) is 4.98 Å². The molecule has 1 aromatic heterocycles. The van der Waals surface area contributed by atoms with Crippen LogP contribution in [0.25, 0.3) is 0 Å². The van der Waals surface area contributed by atoms with E-state index >= 15 is 0 Å². The summed E-state index contributed by atoms with van der Waals surface area (Å²) in [6, 6.07) is 12.8. The van der Waals surface area contributed by atoms with Crippen LogP contribution in [0.5, 0.6) is 0 Å². The molecular formula is C12H11N5. The normalized spacial score (nSPS) is 10.6. The van der Waals surface area contributed by atoms with E-state index in [-0.39, 0.29) is 0 Å². The van der Waals surface area contributed by atoms with Crippen molar-refractivity contribution in [2.75, 3.05) is 0 Å². The second-order valence-corrected chi connectivity index (χ2v) is 3.50. The Labute approximate surface area is 98.8 Å². The van der Waals surface area contributed by atoms with Crippen LogP contribution in [0.2, 0.25) is 0 Å². The van der Waals surface area contributed by atoms with Gasteiger partial charge in [-0.15, -0.1) is 15.3 Å². The van der Waals surface area contributed by atoms with E-state index in [0.29, 0.717) is 11.6 Å². The van der Waals surface area contributed by atoms with Gasteiger partial charge in [0, 0.05) is 0 Å². The largest absolute Gasteiger partial charge is 0.206 e. The van der Waals surface area contributed by atoms with Crippen LogP contribution in [0.1, 0.15) is 5.56 Å². The molecule has 0 aliphatic heterocycles. The smallest absolute Gasteiger partial charge is 0.176 e. The zero-order chi connectivity index (χ0) is 12.1. The van der Waals surface area contributed by atoms with Crippen LogP contribution in [-0.2, 0) is 0 Å². The molecule has 0 atom stereocenters. The zero-order valence-corrected chi connectivity index (χ0v) is 9.33. The average molecular weight is 225 g/mol. The molecule has 5 heteroatoms. The van der Waals surface area contributed by atoms with E-state index in [9.17, 15) is 0 Å². The molecule has 0 bridgehead atoms. The number of aryl methyl sites for hydroxylation is 1. The van der Waals surface area contributed by atoms with Crippen LogP contribution < -0.4 is 0 Å². The standard InChI is InChI=1S/C12H11N5/c1-9-5-7-10(8-6-9)16-17-12-4-2-3-11(14-12)15-13/h2-8,13H,1H3. The zero-order valence-electron chi connectivity index (χ0n) is 9.33. The lowest BCUT2D eigenvalue weighted by Crippen LogP contribution is -1.73. The van der Waals surface area contributed by atoms with Gasteiger partial charge in [0.05, 0.1) is 5.69 Å². The highest BCUT2D eigenvalue weighted by atomic mass is 15.2. The minimum Gasteiger partial charge on any atom is -0.206 e. The van der Waals surface area contributed by atoms with Gasteiger partial charge in [-0.1, -0.05) is 23.8 Å². The lowest BCUT2D eigenvalue weighted by molar-refractivity contribution is 1.07. The molecule has 0 aliphatic rings. The molecule has 0 amide bonds. The lowest BCUT2D eigenvalue weighted by atomic mass is 10.2. The maximum Gasteiger partial charge on any atom is 0.176 e. The minimum absolute atomic E-state index is 0.324. The Balaban J connectivity index is 2.19. The summed E-state index contributed by atoms with van der Waals surface area (Å²) in [5.74, 6) is 0.768. The summed E-state index contributed by atoms with van der Waals surface area (Å²) in [4.78, 5) is 4.01. The van der Waals surface area contributed by atoms with Crippen LogP contribution in [-0.4, -0.2) is 4.98 Å². The summed E-state index contributed by atoms with van der Waals surface area (Å²) in [5, 5.41) is 11.3. The highest BCUT2D eigenvalue weighted by Gasteiger charge is 1.94. The van der Waals surface area contributed by atoms with Gasteiger partial charge in [0.25, 0.3) is 0 Å². The third-order valence-corrected chi connectivity index (χ3v) is 2.14. The van der Waals surface area contributed by atoms with Crippen LogP contribution >= 0.6 is 0 Å². The van der Waals surface area contributed by atoms with Gasteiger partial charge < -0.3 is 0 Å². The molecular weight excluding hydrogens is 214 g/mol. The third-order valence-electron chi connectivity index (χ3n) is 2.14. The Morgan fingerprint density at radius 2 is 1.65 bits per heavy atom. The summed E-state index contributed by atoms with van der Waals surface area (Å²) in [7, 11) is 0. The Kier molecular flexibility index (Phi) is 3.30. The summed E-state index contributed by atoms with van der Waals surface area (Å²) < 4.78 is 0. The van der Waals surface area contributed by atoms with Crippen molar-refractivity contribution in [3.05, 3.63) is 48.0 Å². The highest BCUT2D eigenvalue weighted by Crippen LogP contribution is 2.19. The topological polar surface area (TPSA) is 73.8 Å². The minimum atomic E-state index is 0.324. The van der Waals surface area contributed by atoms with Gasteiger partial charge in [-0.25, -0.2) is 10.5 Å². The fourth-order valence-corrected chi connectivity index (χ4v) is 1.25. The van der Waals surface area contributed by atoms with Crippen molar-refractivity contribution in [3.63, 3.8) is 0 Å². The SMILES string of the molecule is Cc1ccc(N=Nc2cccc(N=N)n2)cc1. The molecule has 2 rings (SSSR count). The van der Waals surface area contributed by atoms with Crippen molar-refractivity contribution in [2.45, 2.75) is 6.92 Å². The molecule has 17 heavy (non-hydrogen) atoms. The monoisotopic (exact) mass is 225 g/mol. The number of azo groups is 1. The second kappa shape index (κ2) is 5.07. The summed E-state index contributed by atoms with van der Waals surface area (Å²) in [6.45, 7) is 2.02. The van der Waals surface area contributed by atoms with Crippen molar-refractivity contribution in [2.24, 2.45) is 15.3 Å². The number of nitrogens with zero attached hydrogens (tertiary/aromatic N) is 4. The quantitative estimate of drug-likeness (QED) is 0.769. The lowest BCUT2D eigenvalue weighted by Gasteiger charge is -1.94. The maximum absolute atomic E-state index is 6.85. The Morgan fingerprint density at radius 1 is 0.941 bits per heavy atom. The van der Waals surface area contributed by atoms with E-state index in [1.807, 2.05) is 31.2 Å². The maximum atomic E-state index is 6.85. The van der Waals surface area contributed by atoms with Gasteiger partial charge in [0.1, 0.15) is 0 Å². The number of nitrogens with one attached hydrogen (secondary N) is 1. The molecule has 0 saturated heterocycles. The average Bonchev–Trinajstić information content (AvgIpc) is 2.38. The molecule has 5 nitrogen and oxygen atoms in total. The van der Waals surface area contributed by atoms with Gasteiger partial charge in [-0.3, -0.25) is 0 Å². The van der Waals surface area contributed by atoms with E-state index in [1.54, 1.807) is 18.2 Å². The Hall–Kier alpha value is -2.43. The van der Waals surface area contributed by atoms with E-state index < -0.39 is 0 Å². The van der Waals surface area contributed by atoms with E-state index in [4.69, 9.17) is 5.53 Å². The number of hydrogen-bond acceptors (Lipinski definition) is 5. The van der Waals surface area contributed by atoms with E-state index in [0.717, 1.165) is 5.69 Å². The van der Waals surface area contributed by atoms with Crippen LogP contribution in [0.4, 0.5) is 17.3 Å². The van der Waals surface area contributed by atoms with Gasteiger partial charge in [-0.05, 0) is 31.2 Å². The van der Waals surface area contributed by atoms with Gasteiger partial charge >= 0.3 is 0 Å². The molecule has 2 aromatic rings. The van der Waals surface area contributed by atoms with Crippen molar-refractivity contribution in [3.8, 4) is 0 Å². The first-order valence-electron chi connectivity index (χ1n) is 5.11. The van der Waals surface area contributed by atoms with Crippen LogP contribution in [0.15, 0.2) is 57.8 Å². The number of benzene rings is 1. The predicted molar refractivity (Wildman–Crippen MR) is 64.4 cm³/mol. The Bertz CT molecular complexity index is 545. The fourth-order valence-electron chi connectivity index (χ4n) is 1.25. The molecule has 1 aromatic carbocycles. The molecule has 84 valence electrons. The molecule has 0 fully saturated rings. The molecule has 0 saturated carbocycles. The number of pyridine rings is 1. The molecule has 0 spiro atoms. The fraction of sp³-hybridized carbons (Fsp3) is 0.0833. The highest BCUT2D eigenvalue weighted by molar-refractivity contribution is 5.40. The third kappa shape index (κ3) is 3.01. The van der Waals surface area contributed by atoms with E-state index in [1.165, 1.54) is 5.56 Å². The van der Waals surface area contributed by atoms with Crippen molar-refractivity contribution in [1.29, 1.82) is 5.53 Å². The van der Waals surface area contributed by atoms with Crippen LogP contribution in [0.3, 0.4) is 0 Å². The van der Waals surface area contributed by atoms with Gasteiger partial charge in [-0.2, -0.15) is 0 Å². The molecule has 1 N–H and O–H groups in total. The Morgan fingerprint density at radius 3 is 2.35 bits per heavy atom. The predicted octanol–water partition coefficient (Wildman–Crippen LogP) is 4.47.